The molecule has 10 atom stereocenters. The van der Waals surface area contributed by atoms with Crippen molar-refractivity contribution in [3.63, 3.8) is 0 Å². The Balaban J connectivity index is 1.55. The number of hydrogen-bond donors (Lipinski definition) is 2. The van der Waals surface area contributed by atoms with Crippen LogP contribution >= 0.6 is 0 Å². The van der Waals surface area contributed by atoms with Gasteiger partial charge in [-0.25, -0.2) is 0 Å². The zero-order chi connectivity index (χ0) is 20.3. The monoisotopic (exact) mass is 391 g/mol. The van der Waals surface area contributed by atoms with Gasteiger partial charge in [0.15, 0.2) is 0 Å². The molecule has 28 heavy (non-hydrogen) atoms. The highest BCUT2D eigenvalue weighted by atomic mass is 16.4. The predicted octanol–water partition coefficient (Wildman–Crippen LogP) is 3.14. The van der Waals surface area contributed by atoms with Crippen LogP contribution in [0, 0.1) is 46.3 Å². The quantitative estimate of drug-likeness (QED) is 0.771. The molecule has 0 aromatic heterocycles. The second-order valence-corrected chi connectivity index (χ2v) is 11.3. The van der Waals surface area contributed by atoms with E-state index in [1.807, 2.05) is 0 Å². The molecule has 0 aromatic carbocycles. The van der Waals surface area contributed by atoms with Gasteiger partial charge in [0.2, 0.25) is 0 Å². The minimum Gasteiger partial charge on any atom is -0.550 e. The van der Waals surface area contributed by atoms with Crippen molar-refractivity contribution in [3.8, 4) is 0 Å². The molecule has 0 aliphatic heterocycles. The van der Waals surface area contributed by atoms with Crippen molar-refractivity contribution >= 4 is 5.97 Å². The largest absolute Gasteiger partial charge is 0.550 e. The lowest BCUT2D eigenvalue weighted by molar-refractivity contribution is -0.306. The van der Waals surface area contributed by atoms with Crippen LogP contribution < -0.4 is 5.11 Å². The van der Waals surface area contributed by atoms with Crippen molar-refractivity contribution in [3.05, 3.63) is 0 Å². The number of carboxylic acids is 1. The summed E-state index contributed by atoms with van der Waals surface area (Å²) in [5.74, 6) is 1.99. The minimum atomic E-state index is -0.934. The summed E-state index contributed by atoms with van der Waals surface area (Å²) < 4.78 is 0. The van der Waals surface area contributed by atoms with Crippen LogP contribution in [0.4, 0.5) is 0 Å². The summed E-state index contributed by atoms with van der Waals surface area (Å²) >= 11 is 0. The molecule has 4 nitrogen and oxygen atoms in total. The first-order valence-electron chi connectivity index (χ1n) is 11.7. The van der Waals surface area contributed by atoms with Crippen molar-refractivity contribution in [2.75, 3.05) is 0 Å². The van der Waals surface area contributed by atoms with Gasteiger partial charge in [-0.2, -0.15) is 0 Å². The molecular weight excluding hydrogens is 352 g/mol. The van der Waals surface area contributed by atoms with E-state index in [2.05, 4.69) is 20.8 Å². The van der Waals surface area contributed by atoms with Gasteiger partial charge in [-0.3, -0.25) is 0 Å². The number of carboxylic acid groups (broad SMARTS) is 1. The Hall–Kier alpha value is -0.610. The Morgan fingerprint density at radius 3 is 2.43 bits per heavy atom. The van der Waals surface area contributed by atoms with Gasteiger partial charge in [0.1, 0.15) is 0 Å². The van der Waals surface area contributed by atoms with E-state index in [9.17, 15) is 20.1 Å². The van der Waals surface area contributed by atoms with E-state index in [1.54, 1.807) is 0 Å². The van der Waals surface area contributed by atoms with Crippen molar-refractivity contribution in [1.29, 1.82) is 0 Å². The third kappa shape index (κ3) is 3.14. The summed E-state index contributed by atoms with van der Waals surface area (Å²) in [4.78, 5) is 10.9. The molecule has 160 valence electrons. The number of aliphatic hydroxyl groups is 2. The maximum Gasteiger partial charge on any atom is 0.0577 e. The zero-order valence-corrected chi connectivity index (χ0v) is 17.9. The van der Waals surface area contributed by atoms with E-state index >= 15 is 0 Å². The first-order valence-corrected chi connectivity index (χ1v) is 11.7. The predicted molar refractivity (Wildman–Crippen MR) is 106 cm³/mol. The highest BCUT2D eigenvalue weighted by molar-refractivity contribution is 5.64. The Labute approximate surface area is 170 Å². The molecule has 4 aliphatic carbocycles. The number of hydrogen-bond acceptors (Lipinski definition) is 4. The molecule has 0 spiro atoms. The Bertz CT molecular complexity index is 605. The van der Waals surface area contributed by atoms with E-state index in [-0.39, 0.29) is 29.5 Å². The van der Waals surface area contributed by atoms with Crippen LogP contribution in [0.15, 0.2) is 0 Å². The molecular formula is C24H39O4-. The number of aliphatic carboxylic acids is 1. The lowest BCUT2D eigenvalue weighted by atomic mass is 9.43. The van der Waals surface area contributed by atoms with Crippen molar-refractivity contribution in [1.82, 2.24) is 0 Å². The normalized spacial score (nSPS) is 51.7. The third-order valence-electron chi connectivity index (χ3n) is 10.2. The van der Waals surface area contributed by atoms with E-state index in [1.165, 1.54) is 25.7 Å². The Morgan fingerprint density at radius 2 is 1.71 bits per heavy atom. The average molecular weight is 392 g/mol. The van der Waals surface area contributed by atoms with Gasteiger partial charge in [-0.1, -0.05) is 20.8 Å². The van der Waals surface area contributed by atoms with Crippen molar-refractivity contribution < 1.29 is 20.1 Å². The summed E-state index contributed by atoms with van der Waals surface area (Å²) in [5.41, 5.74) is 0.494. The fourth-order valence-electron chi connectivity index (χ4n) is 8.72. The van der Waals surface area contributed by atoms with Gasteiger partial charge in [0.25, 0.3) is 0 Å². The van der Waals surface area contributed by atoms with E-state index in [4.69, 9.17) is 0 Å². The second-order valence-electron chi connectivity index (χ2n) is 11.3. The lowest BCUT2D eigenvalue weighted by Gasteiger charge is -2.62. The summed E-state index contributed by atoms with van der Waals surface area (Å²) in [7, 11) is 0. The lowest BCUT2D eigenvalue weighted by Crippen LogP contribution is -2.58. The molecule has 1 unspecified atom stereocenters. The molecule has 4 fully saturated rings. The van der Waals surface area contributed by atoms with E-state index in [0.29, 0.717) is 41.9 Å². The van der Waals surface area contributed by atoms with Crippen molar-refractivity contribution in [2.45, 2.75) is 97.2 Å². The van der Waals surface area contributed by atoms with E-state index in [0.717, 1.165) is 25.7 Å². The van der Waals surface area contributed by atoms with Crippen LogP contribution in [-0.2, 0) is 4.79 Å². The molecule has 0 amide bonds. The molecule has 4 heteroatoms. The van der Waals surface area contributed by atoms with Gasteiger partial charge >= 0.3 is 0 Å². The molecule has 0 heterocycles. The van der Waals surface area contributed by atoms with Crippen LogP contribution in [0.1, 0.15) is 85.0 Å². The van der Waals surface area contributed by atoms with Gasteiger partial charge in [0.05, 0.1) is 12.2 Å². The highest BCUT2D eigenvalue weighted by Crippen LogP contribution is 2.68. The fourth-order valence-corrected chi connectivity index (χ4v) is 8.72. The molecule has 0 aromatic rings. The average Bonchev–Trinajstić information content (AvgIpc) is 2.98. The van der Waals surface area contributed by atoms with Crippen LogP contribution in [0.2, 0.25) is 0 Å². The smallest absolute Gasteiger partial charge is 0.0577 e. The molecule has 4 rings (SSSR count). The number of fused-ring (bicyclic) bond motifs is 5. The fraction of sp³-hybridized carbons (Fsp3) is 0.958. The van der Waals surface area contributed by atoms with Gasteiger partial charge in [0, 0.05) is 5.97 Å². The highest BCUT2D eigenvalue weighted by Gasteiger charge is 2.62. The second kappa shape index (κ2) is 7.27. The first kappa shape index (κ1) is 20.7. The number of aliphatic hydroxyl groups excluding tert-OH is 2. The topological polar surface area (TPSA) is 80.6 Å². The van der Waals surface area contributed by atoms with Gasteiger partial charge < -0.3 is 20.1 Å². The summed E-state index contributed by atoms with van der Waals surface area (Å²) in [6.07, 6.45) is 8.91. The maximum absolute atomic E-state index is 11.2. The van der Waals surface area contributed by atoms with Gasteiger partial charge in [-0.05, 0) is 111 Å². The molecule has 4 saturated carbocycles. The Morgan fingerprint density at radius 1 is 1.04 bits per heavy atom. The number of carbonyl (C=O) groups excluding carboxylic acids is 1. The SMILES string of the molecule is C[C@H](CCC(=O)[O-])[C@H]1CC[C@H]2C3[C@H](O)C[C@@H]4C[C@H](O)CC[C@]4(C)[C@H]3CC[C@]12C. The molecule has 0 bridgehead atoms. The first-order chi connectivity index (χ1) is 13.2. The molecule has 2 N–H and O–H groups in total. The van der Waals surface area contributed by atoms with Crippen LogP contribution in [0.3, 0.4) is 0 Å². The molecule has 0 radical (unpaired) electrons. The van der Waals surface area contributed by atoms with Crippen LogP contribution in [-0.4, -0.2) is 28.4 Å². The number of rotatable bonds is 4. The van der Waals surface area contributed by atoms with Crippen LogP contribution in [0.5, 0.6) is 0 Å². The summed E-state index contributed by atoms with van der Waals surface area (Å²) in [5, 5.41) is 32.4. The summed E-state index contributed by atoms with van der Waals surface area (Å²) in [6.45, 7) is 7.11. The molecule has 0 saturated heterocycles. The minimum absolute atomic E-state index is 0.162. The standard InChI is InChI=1S/C24H40O4/c1-14(4-7-21(27)28)17-5-6-18-22-19(9-11-24(17,18)3)23(2)10-8-16(25)12-15(23)13-20(22)26/h14-20,22,25-26H,4-13H2,1-3H3,(H,27,28)/p-1/t14-,15+,16-,17-,18+,19+,20-,22?,23+,24-/m1/s1. The van der Waals surface area contributed by atoms with Crippen molar-refractivity contribution in [2.24, 2.45) is 46.3 Å². The zero-order valence-electron chi connectivity index (χ0n) is 17.9. The summed E-state index contributed by atoms with van der Waals surface area (Å²) in [6, 6.07) is 0. The Kier molecular flexibility index (Phi) is 5.36. The maximum atomic E-state index is 11.2. The molecule has 4 aliphatic rings. The number of carbonyl (C=O) groups is 1. The van der Waals surface area contributed by atoms with E-state index < -0.39 is 5.97 Å². The van der Waals surface area contributed by atoms with Gasteiger partial charge in [-0.15, -0.1) is 0 Å². The van der Waals surface area contributed by atoms with Crippen LogP contribution in [0.25, 0.3) is 0 Å². The third-order valence-corrected chi connectivity index (χ3v) is 10.2.